The first kappa shape index (κ1) is 15.8. The van der Waals surface area contributed by atoms with Gasteiger partial charge in [0.25, 0.3) is 0 Å². The Morgan fingerprint density at radius 2 is 2.08 bits per heavy atom. The number of thiazole rings is 1. The van der Waals surface area contributed by atoms with E-state index in [1.54, 1.807) is 22.7 Å². The highest BCUT2D eigenvalue weighted by atomic mass is 32.1. The van der Waals surface area contributed by atoms with Gasteiger partial charge in [0.05, 0.1) is 23.2 Å². The SMILES string of the molecule is Cc1ccsc1CNc1nc(C)c(-c2ccn(C3CCCC3)n2)s1. The lowest BCUT2D eigenvalue weighted by atomic mass is 10.3. The topological polar surface area (TPSA) is 42.7 Å². The van der Waals surface area contributed by atoms with Crippen LogP contribution in [0.5, 0.6) is 0 Å². The van der Waals surface area contributed by atoms with Gasteiger partial charge in [-0.15, -0.1) is 11.3 Å². The van der Waals surface area contributed by atoms with Gasteiger partial charge in [-0.2, -0.15) is 5.10 Å². The highest BCUT2D eigenvalue weighted by Gasteiger charge is 2.19. The van der Waals surface area contributed by atoms with Gasteiger partial charge in [0, 0.05) is 11.1 Å². The van der Waals surface area contributed by atoms with E-state index >= 15 is 0 Å². The van der Waals surface area contributed by atoms with Crippen LogP contribution < -0.4 is 5.32 Å². The molecule has 0 bridgehead atoms. The summed E-state index contributed by atoms with van der Waals surface area (Å²) in [6.45, 7) is 5.07. The molecular formula is C18H22N4S2. The molecule has 0 aromatic carbocycles. The van der Waals surface area contributed by atoms with Gasteiger partial charge < -0.3 is 5.32 Å². The molecule has 1 saturated carbocycles. The second-order valence-electron chi connectivity index (χ2n) is 6.43. The molecule has 0 radical (unpaired) electrons. The lowest BCUT2D eigenvalue weighted by Gasteiger charge is -2.08. The van der Waals surface area contributed by atoms with Crippen LogP contribution in [-0.4, -0.2) is 14.8 Å². The van der Waals surface area contributed by atoms with Gasteiger partial charge in [0.1, 0.15) is 5.69 Å². The number of nitrogens with zero attached hydrogens (tertiary/aromatic N) is 3. The van der Waals surface area contributed by atoms with Crippen molar-refractivity contribution in [3.8, 4) is 10.6 Å². The Balaban J connectivity index is 1.50. The summed E-state index contributed by atoms with van der Waals surface area (Å²) in [7, 11) is 0. The van der Waals surface area contributed by atoms with Crippen molar-refractivity contribution in [1.29, 1.82) is 0 Å². The summed E-state index contributed by atoms with van der Waals surface area (Å²) in [5.74, 6) is 0. The molecule has 1 fully saturated rings. The average Bonchev–Trinajstić information content (AvgIpc) is 3.33. The third-order valence-corrected chi connectivity index (χ3v) is 6.87. The Hall–Kier alpha value is -1.66. The number of anilines is 1. The fraction of sp³-hybridized carbons (Fsp3) is 0.444. The zero-order valence-corrected chi connectivity index (χ0v) is 15.7. The molecule has 0 spiro atoms. The van der Waals surface area contributed by atoms with Gasteiger partial charge in [-0.3, -0.25) is 4.68 Å². The van der Waals surface area contributed by atoms with E-state index in [1.807, 2.05) is 0 Å². The summed E-state index contributed by atoms with van der Waals surface area (Å²) < 4.78 is 2.16. The normalized spacial score (nSPS) is 15.2. The first-order valence-electron chi connectivity index (χ1n) is 8.50. The van der Waals surface area contributed by atoms with E-state index in [1.165, 1.54) is 41.0 Å². The second kappa shape index (κ2) is 6.69. The molecule has 126 valence electrons. The number of nitrogens with one attached hydrogen (secondary N) is 1. The van der Waals surface area contributed by atoms with E-state index in [9.17, 15) is 0 Å². The standard InChI is InChI=1S/C18H22N4S2/c1-12-8-10-23-16(12)11-19-18-20-13(2)17(24-18)15-7-9-22(21-15)14-5-3-4-6-14/h7-10,14H,3-6,11H2,1-2H3,(H,19,20). The van der Waals surface area contributed by atoms with E-state index in [4.69, 9.17) is 5.10 Å². The number of rotatable bonds is 5. The molecule has 0 unspecified atom stereocenters. The maximum Gasteiger partial charge on any atom is 0.183 e. The Bertz CT molecular complexity index is 824. The van der Waals surface area contributed by atoms with Crippen LogP contribution in [0.2, 0.25) is 0 Å². The Kier molecular flexibility index (Phi) is 4.41. The van der Waals surface area contributed by atoms with Crippen molar-refractivity contribution in [2.24, 2.45) is 0 Å². The van der Waals surface area contributed by atoms with Crippen LogP contribution in [0, 0.1) is 13.8 Å². The quantitative estimate of drug-likeness (QED) is 0.663. The zero-order chi connectivity index (χ0) is 16.5. The van der Waals surface area contributed by atoms with Gasteiger partial charge >= 0.3 is 0 Å². The highest BCUT2D eigenvalue weighted by Crippen LogP contribution is 2.34. The molecule has 1 N–H and O–H groups in total. The van der Waals surface area contributed by atoms with Crippen LogP contribution in [-0.2, 0) is 6.54 Å². The van der Waals surface area contributed by atoms with Crippen molar-refractivity contribution in [2.45, 2.75) is 52.1 Å². The van der Waals surface area contributed by atoms with Crippen molar-refractivity contribution in [3.63, 3.8) is 0 Å². The molecule has 4 nitrogen and oxygen atoms in total. The summed E-state index contributed by atoms with van der Waals surface area (Å²) in [4.78, 5) is 7.23. The minimum Gasteiger partial charge on any atom is -0.357 e. The van der Waals surface area contributed by atoms with E-state index in [0.29, 0.717) is 6.04 Å². The van der Waals surface area contributed by atoms with Crippen molar-refractivity contribution < 1.29 is 0 Å². The predicted octanol–water partition coefficient (Wildman–Crippen LogP) is 5.41. The molecule has 1 aliphatic rings. The van der Waals surface area contributed by atoms with Crippen LogP contribution in [0.1, 0.15) is 47.9 Å². The first-order valence-corrected chi connectivity index (χ1v) is 10.2. The maximum atomic E-state index is 4.82. The number of hydrogen-bond donors (Lipinski definition) is 1. The molecule has 0 amide bonds. The van der Waals surface area contributed by atoms with Gasteiger partial charge in [-0.05, 0) is 49.8 Å². The molecule has 1 aliphatic carbocycles. The minimum atomic E-state index is 0.589. The Morgan fingerprint density at radius 1 is 1.25 bits per heavy atom. The molecule has 3 aromatic rings. The lowest BCUT2D eigenvalue weighted by Crippen LogP contribution is -2.04. The molecule has 3 heterocycles. The minimum absolute atomic E-state index is 0.589. The number of aryl methyl sites for hydroxylation is 2. The van der Waals surface area contributed by atoms with E-state index < -0.39 is 0 Å². The third kappa shape index (κ3) is 3.13. The van der Waals surface area contributed by atoms with Crippen LogP contribution in [0.3, 0.4) is 0 Å². The van der Waals surface area contributed by atoms with Crippen molar-refractivity contribution in [2.75, 3.05) is 5.32 Å². The molecule has 0 saturated heterocycles. The van der Waals surface area contributed by atoms with E-state index in [0.717, 1.165) is 23.1 Å². The molecule has 3 aromatic heterocycles. The maximum absolute atomic E-state index is 4.82. The lowest BCUT2D eigenvalue weighted by molar-refractivity contribution is 0.468. The summed E-state index contributed by atoms with van der Waals surface area (Å²) in [5.41, 5.74) is 3.45. The monoisotopic (exact) mass is 358 g/mol. The Labute approximate surface area is 150 Å². The Morgan fingerprint density at radius 3 is 2.83 bits per heavy atom. The fourth-order valence-electron chi connectivity index (χ4n) is 3.28. The van der Waals surface area contributed by atoms with E-state index in [-0.39, 0.29) is 0 Å². The van der Waals surface area contributed by atoms with Crippen LogP contribution in [0.15, 0.2) is 23.7 Å². The van der Waals surface area contributed by atoms with Gasteiger partial charge in [0.15, 0.2) is 5.13 Å². The van der Waals surface area contributed by atoms with Crippen LogP contribution >= 0.6 is 22.7 Å². The smallest absolute Gasteiger partial charge is 0.183 e. The molecule has 4 rings (SSSR count). The fourth-order valence-corrected chi connectivity index (χ4v) is 5.05. The molecule has 6 heteroatoms. The first-order chi connectivity index (χ1) is 11.7. The largest absolute Gasteiger partial charge is 0.357 e. The summed E-state index contributed by atoms with van der Waals surface area (Å²) >= 11 is 3.50. The van der Waals surface area contributed by atoms with E-state index in [2.05, 4.69) is 52.5 Å². The molecular weight excluding hydrogens is 336 g/mol. The van der Waals surface area contributed by atoms with Crippen molar-refractivity contribution in [1.82, 2.24) is 14.8 Å². The predicted molar refractivity (Wildman–Crippen MR) is 102 cm³/mol. The molecule has 24 heavy (non-hydrogen) atoms. The van der Waals surface area contributed by atoms with Crippen LogP contribution in [0.25, 0.3) is 10.6 Å². The summed E-state index contributed by atoms with van der Waals surface area (Å²) in [6, 6.07) is 4.88. The van der Waals surface area contributed by atoms with Crippen molar-refractivity contribution >= 4 is 27.8 Å². The molecule has 0 atom stereocenters. The molecule has 0 aliphatic heterocycles. The van der Waals surface area contributed by atoms with Crippen LogP contribution in [0.4, 0.5) is 5.13 Å². The number of thiophene rings is 1. The summed E-state index contributed by atoms with van der Waals surface area (Å²) in [5, 5.41) is 11.4. The van der Waals surface area contributed by atoms with Gasteiger partial charge in [-0.25, -0.2) is 4.98 Å². The second-order valence-corrected chi connectivity index (χ2v) is 8.43. The summed E-state index contributed by atoms with van der Waals surface area (Å²) in [6.07, 6.45) is 7.31. The number of aromatic nitrogens is 3. The van der Waals surface area contributed by atoms with Gasteiger partial charge in [0.2, 0.25) is 0 Å². The van der Waals surface area contributed by atoms with Gasteiger partial charge in [-0.1, -0.05) is 24.2 Å². The zero-order valence-electron chi connectivity index (χ0n) is 14.1. The highest BCUT2D eigenvalue weighted by molar-refractivity contribution is 7.19. The number of hydrogen-bond acceptors (Lipinski definition) is 5. The van der Waals surface area contributed by atoms with Crippen molar-refractivity contribution in [3.05, 3.63) is 39.8 Å². The average molecular weight is 359 g/mol. The third-order valence-electron chi connectivity index (χ3n) is 4.70.